The highest BCUT2D eigenvalue weighted by Gasteiger charge is 2.09. The van der Waals surface area contributed by atoms with Crippen LogP contribution in [0.1, 0.15) is 17.3 Å². The van der Waals surface area contributed by atoms with Crippen molar-refractivity contribution in [2.45, 2.75) is 6.92 Å². The molecule has 1 aromatic carbocycles. The van der Waals surface area contributed by atoms with Crippen LogP contribution in [0.5, 0.6) is 0 Å². The molecule has 0 spiro atoms. The number of carbonyl (C=O) groups is 1. The first kappa shape index (κ1) is 12.4. The van der Waals surface area contributed by atoms with Crippen molar-refractivity contribution < 1.29 is 18.7 Å². The van der Waals surface area contributed by atoms with Gasteiger partial charge in [0.1, 0.15) is 12.4 Å². The van der Waals surface area contributed by atoms with Crippen LogP contribution in [0.3, 0.4) is 0 Å². The molecule has 0 heterocycles. The van der Waals surface area contributed by atoms with Gasteiger partial charge < -0.3 is 15.2 Å². The van der Waals surface area contributed by atoms with E-state index >= 15 is 0 Å². The van der Waals surface area contributed by atoms with E-state index in [0.717, 1.165) is 6.07 Å². The summed E-state index contributed by atoms with van der Waals surface area (Å²) >= 11 is 0. The highest BCUT2D eigenvalue weighted by atomic mass is 19.1. The molecule has 4 nitrogen and oxygen atoms in total. The fourth-order valence-electron chi connectivity index (χ4n) is 1.09. The Labute approximate surface area is 93.2 Å². The molecule has 0 aliphatic heterocycles. The third kappa shape index (κ3) is 3.51. The minimum absolute atomic E-state index is 0.0701. The van der Waals surface area contributed by atoms with Gasteiger partial charge in [0.15, 0.2) is 0 Å². The van der Waals surface area contributed by atoms with Crippen LogP contribution in [0.25, 0.3) is 0 Å². The zero-order valence-corrected chi connectivity index (χ0v) is 9.03. The monoisotopic (exact) mass is 227 g/mol. The molecule has 1 aromatic rings. The summed E-state index contributed by atoms with van der Waals surface area (Å²) in [5.74, 6) is -1.09. The fraction of sp³-hybridized carbons (Fsp3) is 0.364. The van der Waals surface area contributed by atoms with Gasteiger partial charge in [0.05, 0.1) is 17.9 Å². The highest BCUT2D eigenvalue weighted by Crippen LogP contribution is 2.12. The maximum absolute atomic E-state index is 12.8. The second-order valence-electron chi connectivity index (χ2n) is 3.07. The standard InChI is InChI=1S/C11H14FNO3/c1-2-15-5-6-16-11(14)8-3-4-9(12)10(13)7-8/h3-4,7H,2,5-6,13H2,1H3. The summed E-state index contributed by atoms with van der Waals surface area (Å²) in [6.07, 6.45) is 0. The third-order valence-electron chi connectivity index (χ3n) is 1.90. The second kappa shape index (κ2) is 6.07. The molecule has 0 saturated carbocycles. The number of hydrogen-bond donors (Lipinski definition) is 1. The van der Waals surface area contributed by atoms with E-state index in [9.17, 15) is 9.18 Å². The van der Waals surface area contributed by atoms with Gasteiger partial charge >= 0.3 is 5.97 Å². The molecule has 0 atom stereocenters. The summed E-state index contributed by atoms with van der Waals surface area (Å²) in [4.78, 5) is 11.4. The summed E-state index contributed by atoms with van der Waals surface area (Å²) in [6, 6.07) is 3.71. The first-order chi connectivity index (χ1) is 7.65. The molecule has 0 unspecified atom stereocenters. The Balaban J connectivity index is 2.50. The molecule has 0 aliphatic carbocycles. The van der Waals surface area contributed by atoms with Gasteiger partial charge in [-0.15, -0.1) is 0 Å². The Bertz CT molecular complexity index is 368. The third-order valence-corrected chi connectivity index (χ3v) is 1.90. The summed E-state index contributed by atoms with van der Waals surface area (Å²) in [5, 5.41) is 0. The number of hydrogen-bond acceptors (Lipinski definition) is 4. The molecule has 88 valence electrons. The van der Waals surface area contributed by atoms with Crippen LogP contribution < -0.4 is 5.73 Å². The maximum atomic E-state index is 12.8. The first-order valence-electron chi connectivity index (χ1n) is 4.95. The van der Waals surface area contributed by atoms with E-state index in [-0.39, 0.29) is 17.9 Å². The van der Waals surface area contributed by atoms with E-state index in [4.69, 9.17) is 15.2 Å². The molecule has 0 aromatic heterocycles. The number of esters is 1. The molecular formula is C11H14FNO3. The number of nitrogens with two attached hydrogens (primary N) is 1. The smallest absolute Gasteiger partial charge is 0.338 e. The second-order valence-corrected chi connectivity index (χ2v) is 3.07. The molecule has 0 aliphatic rings. The maximum Gasteiger partial charge on any atom is 0.338 e. The Hall–Kier alpha value is -1.62. The SMILES string of the molecule is CCOCCOC(=O)c1ccc(F)c(N)c1. The lowest BCUT2D eigenvalue weighted by atomic mass is 10.2. The molecule has 2 N–H and O–H groups in total. The molecule has 1 rings (SSSR count). The molecule has 0 saturated heterocycles. The van der Waals surface area contributed by atoms with E-state index in [0.29, 0.717) is 13.2 Å². The van der Waals surface area contributed by atoms with Crippen LogP contribution in [0.2, 0.25) is 0 Å². The lowest BCUT2D eigenvalue weighted by Gasteiger charge is -2.05. The van der Waals surface area contributed by atoms with Gasteiger partial charge in [-0.05, 0) is 25.1 Å². The van der Waals surface area contributed by atoms with Crippen molar-refractivity contribution in [2.24, 2.45) is 0 Å². The van der Waals surface area contributed by atoms with Crippen molar-refractivity contribution in [3.63, 3.8) is 0 Å². The summed E-state index contributed by atoms with van der Waals surface area (Å²) in [7, 11) is 0. The van der Waals surface area contributed by atoms with Crippen LogP contribution in [-0.2, 0) is 9.47 Å². The molecule has 0 radical (unpaired) electrons. The van der Waals surface area contributed by atoms with Gasteiger partial charge in [-0.25, -0.2) is 9.18 Å². The van der Waals surface area contributed by atoms with Crippen molar-refractivity contribution in [1.29, 1.82) is 0 Å². The van der Waals surface area contributed by atoms with Crippen molar-refractivity contribution in [2.75, 3.05) is 25.6 Å². The summed E-state index contributed by atoms with van der Waals surface area (Å²) < 4.78 is 22.7. The van der Waals surface area contributed by atoms with Crippen LogP contribution in [0.15, 0.2) is 18.2 Å². The van der Waals surface area contributed by atoms with Crippen LogP contribution >= 0.6 is 0 Å². The number of anilines is 1. The Kier molecular flexibility index (Phi) is 4.72. The van der Waals surface area contributed by atoms with E-state index in [1.165, 1.54) is 12.1 Å². The molecule has 0 amide bonds. The average molecular weight is 227 g/mol. The molecule has 5 heteroatoms. The van der Waals surface area contributed by atoms with E-state index < -0.39 is 11.8 Å². The number of rotatable bonds is 5. The fourth-order valence-corrected chi connectivity index (χ4v) is 1.09. The van der Waals surface area contributed by atoms with Gasteiger partial charge in [0.2, 0.25) is 0 Å². The van der Waals surface area contributed by atoms with Crippen LogP contribution in [0, 0.1) is 5.82 Å². The number of carbonyl (C=O) groups excluding carboxylic acids is 1. The average Bonchev–Trinajstić information content (AvgIpc) is 2.28. The minimum atomic E-state index is -0.550. The Morgan fingerprint density at radius 3 is 2.81 bits per heavy atom. The summed E-state index contributed by atoms with van der Waals surface area (Å²) in [5.41, 5.74) is 5.49. The van der Waals surface area contributed by atoms with Gasteiger partial charge in [-0.1, -0.05) is 0 Å². The molecule has 0 fully saturated rings. The number of halogens is 1. The van der Waals surface area contributed by atoms with E-state index in [2.05, 4.69) is 0 Å². The van der Waals surface area contributed by atoms with Crippen molar-refractivity contribution in [3.05, 3.63) is 29.6 Å². The minimum Gasteiger partial charge on any atom is -0.460 e. The number of ether oxygens (including phenoxy) is 2. The molecule has 0 bridgehead atoms. The Morgan fingerprint density at radius 2 is 2.19 bits per heavy atom. The lowest BCUT2D eigenvalue weighted by molar-refractivity contribution is 0.0335. The van der Waals surface area contributed by atoms with Gasteiger partial charge in [0, 0.05) is 6.61 Å². The van der Waals surface area contributed by atoms with Gasteiger partial charge in [-0.3, -0.25) is 0 Å². The van der Waals surface area contributed by atoms with Crippen LogP contribution in [-0.4, -0.2) is 25.8 Å². The predicted octanol–water partition coefficient (Wildman–Crippen LogP) is 1.60. The number of nitrogen functional groups attached to an aromatic ring is 1. The lowest BCUT2D eigenvalue weighted by Crippen LogP contribution is -2.11. The Morgan fingerprint density at radius 1 is 1.44 bits per heavy atom. The zero-order valence-electron chi connectivity index (χ0n) is 9.03. The normalized spacial score (nSPS) is 10.1. The van der Waals surface area contributed by atoms with E-state index in [1.807, 2.05) is 6.92 Å². The highest BCUT2D eigenvalue weighted by molar-refractivity contribution is 5.90. The van der Waals surface area contributed by atoms with Crippen molar-refractivity contribution in [1.82, 2.24) is 0 Å². The first-order valence-corrected chi connectivity index (χ1v) is 4.95. The molecule has 16 heavy (non-hydrogen) atoms. The van der Waals surface area contributed by atoms with Crippen LogP contribution in [0.4, 0.5) is 10.1 Å². The van der Waals surface area contributed by atoms with E-state index in [1.54, 1.807) is 0 Å². The van der Waals surface area contributed by atoms with Gasteiger partial charge in [-0.2, -0.15) is 0 Å². The number of benzene rings is 1. The largest absolute Gasteiger partial charge is 0.460 e. The van der Waals surface area contributed by atoms with Crippen molar-refractivity contribution >= 4 is 11.7 Å². The predicted molar refractivity (Wildman–Crippen MR) is 57.6 cm³/mol. The molecular weight excluding hydrogens is 213 g/mol. The van der Waals surface area contributed by atoms with Crippen molar-refractivity contribution in [3.8, 4) is 0 Å². The quantitative estimate of drug-likeness (QED) is 0.471. The summed E-state index contributed by atoms with van der Waals surface area (Å²) in [6.45, 7) is 2.94. The van der Waals surface area contributed by atoms with Gasteiger partial charge in [0.25, 0.3) is 0 Å². The zero-order chi connectivity index (χ0) is 12.0. The topological polar surface area (TPSA) is 61.5 Å².